The third-order valence-corrected chi connectivity index (χ3v) is 3.75. The van der Waals surface area contributed by atoms with Crippen molar-refractivity contribution in [2.24, 2.45) is 5.92 Å². The molecule has 2 nitrogen and oxygen atoms in total. The molecule has 5 heteroatoms. The quantitative estimate of drug-likeness (QED) is 0.885. The van der Waals surface area contributed by atoms with E-state index in [0.29, 0.717) is 20.2 Å². The van der Waals surface area contributed by atoms with Gasteiger partial charge in [0.15, 0.2) is 0 Å². The molecule has 0 aromatic carbocycles. The smallest absolute Gasteiger partial charge is 0.253 e. The van der Waals surface area contributed by atoms with E-state index >= 15 is 0 Å². The van der Waals surface area contributed by atoms with Crippen molar-refractivity contribution in [2.45, 2.75) is 26.8 Å². The SMILES string of the molecule is CC(C)C(C)NC(=O)c1cc(Cl)sc1Cl. The molecule has 0 aliphatic rings. The van der Waals surface area contributed by atoms with Crippen LogP contribution in [0.15, 0.2) is 6.07 Å². The van der Waals surface area contributed by atoms with Gasteiger partial charge in [-0.1, -0.05) is 37.0 Å². The summed E-state index contributed by atoms with van der Waals surface area (Å²) in [7, 11) is 0. The van der Waals surface area contributed by atoms with Crippen LogP contribution in [0.4, 0.5) is 0 Å². The highest BCUT2D eigenvalue weighted by atomic mass is 35.5. The topological polar surface area (TPSA) is 29.1 Å². The molecule has 0 bridgehead atoms. The lowest BCUT2D eigenvalue weighted by atomic mass is 10.1. The van der Waals surface area contributed by atoms with Crippen LogP contribution in [0.3, 0.4) is 0 Å². The summed E-state index contributed by atoms with van der Waals surface area (Å²) >= 11 is 12.8. The van der Waals surface area contributed by atoms with Crippen molar-refractivity contribution in [3.05, 3.63) is 20.3 Å². The third-order valence-electron chi connectivity index (χ3n) is 2.26. The molecule has 1 N–H and O–H groups in total. The van der Waals surface area contributed by atoms with Gasteiger partial charge in [0.25, 0.3) is 5.91 Å². The average Bonchev–Trinajstić information content (AvgIpc) is 2.44. The van der Waals surface area contributed by atoms with E-state index in [-0.39, 0.29) is 11.9 Å². The fourth-order valence-corrected chi connectivity index (χ4v) is 2.40. The van der Waals surface area contributed by atoms with Gasteiger partial charge in [-0.25, -0.2) is 0 Å². The second-order valence-corrected chi connectivity index (χ2v) is 6.03. The number of amides is 1. The summed E-state index contributed by atoms with van der Waals surface area (Å²) in [5.74, 6) is 0.228. The molecule has 0 radical (unpaired) electrons. The van der Waals surface area contributed by atoms with E-state index in [4.69, 9.17) is 23.2 Å². The molecule has 1 heterocycles. The zero-order valence-corrected chi connectivity index (χ0v) is 11.1. The van der Waals surface area contributed by atoms with Crippen LogP contribution >= 0.6 is 34.5 Å². The van der Waals surface area contributed by atoms with Crippen LogP contribution < -0.4 is 5.32 Å². The van der Waals surface area contributed by atoms with E-state index in [1.807, 2.05) is 20.8 Å². The second kappa shape index (κ2) is 5.19. The third kappa shape index (κ3) is 3.37. The number of carbonyl (C=O) groups is 1. The highest BCUT2D eigenvalue weighted by molar-refractivity contribution is 7.20. The standard InChI is InChI=1S/C10H13Cl2NOS/c1-5(2)6(3)13-10(14)7-4-8(11)15-9(7)12/h4-6H,1-3H3,(H,13,14). The first kappa shape index (κ1) is 12.8. The maximum Gasteiger partial charge on any atom is 0.253 e. The van der Waals surface area contributed by atoms with Crippen molar-refractivity contribution in [1.29, 1.82) is 0 Å². The molecular formula is C10H13Cl2NOS. The minimum absolute atomic E-state index is 0.118. The van der Waals surface area contributed by atoms with Gasteiger partial charge in [-0.05, 0) is 18.9 Å². The Morgan fingerprint density at radius 2 is 2.00 bits per heavy atom. The lowest BCUT2D eigenvalue weighted by molar-refractivity contribution is 0.0931. The lowest BCUT2D eigenvalue weighted by Crippen LogP contribution is -2.35. The monoisotopic (exact) mass is 265 g/mol. The summed E-state index contributed by atoms with van der Waals surface area (Å²) in [6.07, 6.45) is 0. The average molecular weight is 266 g/mol. The van der Waals surface area contributed by atoms with Gasteiger partial charge >= 0.3 is 0 Å². The number of thiophene rings is 1. The molecule has 84 valence electrons. The van der Waals surface area contributed by atoms with E-state index in [0.717, 1.165) is 0 Å². The molecular weight excluding hydrogens is 253 g/mol. The number of nitrogens with one attached hydrogen (secondary N) is 1. The van der Waals surface area contributed by atoms with Crippen LogP contribution in [0.1, 0.15) is 31.1 Å². The van der Waals surface area contributed by atoms with Gasteiger partial charge in [0.2, 0.25) is 0 Å². The van der Waals surface area contributed by atoms with Crippen molar-refractivity contribution >= 4 is 40.4 Å². The Bertz CT molecular complexity index is 362. The van der Waals surface area contributed by atoms with Crippen molar-refractivity contribution < 1.29 is 4.79 Å². The second-order valence-electron chi connectivity index (χ2n) is 3.74. The predicted molar refractivity (Wildman–Crippen MR) is 66.1 cm³/mol. The first-order valence-electron chi connectivity index (χ1n) is 4.67. The summed E-state index contributed by atoms with van der Waals surface area (Å²) in [6, 6.07) is 1.71. The van der Waals surface area contributed by atoms with E-state index in [9.17, 15) is 4.79 Å². The molecule has 0 saturated carbocycles. The van der Waals surface area contributed by atoms with E-state index in [1.54, 1.807) is 6.07 Å². The predicted octanol–water partition coefficient (Wildman–Crippen LogP) is 3.83. The van der Waals surface area contributed by atoms with Crippen LogP contribution in [-0.2, 0) is 0 Å². The Labute approximate surface area is 104 Å². The van der Waals surface area contributed by atoms with E-state index < -0.39 is 0 Å². The van der Waals surface area contributed by atoms with Crippen molar-refractivity contribution in [3.8, 4) is 0 Å². The number of carbonyl (C=O) groups excluding carboxylic acids is 1. The number of hydrogen-bond donors (Lipinski definition) is 1. The molecule has 0 aliphatic heterocycles. The molecule has 1 unspecified atom stereocenters. The fraction of sp³-hybridized carbons (Fsp3) is 0.500. The van der Waals surface area contributed by atoms with Crippen LogP contribution in [0.25, 0.3) is 0 Å². The number of hydrogen-bond acceptors (Lipinski definition) is 2. The van der Waals surface area contributed by atoms with Crippen molar-refractivity contribution in [1.82, 2.24) is 5.32 Å². The van der Waals surface area contributed by atoms with Gasteiger partial charge in [-0.3, -0.25) is 4.79 Å². The van der Waals surface area contributed by atoms with E-state index in [2.05, 4.69) is 5.32 Å². The maximum absolute atomic E-state index is 11.7. The van der Waals surface area contributed by atoms with Crippen LogP contribution in [0.5, 0.6) is 0 Å². The molecule has 1 amide bonds. The maximum atomic E-state index is 11.7. The Kier molecular flexibility index (Phi) is 4.44. The first-order chi connectivity index (χ1) is 6.91. The fourth-order valence-electron chi connectivity index (χ4n) is 0.946. The number of rotatable bonds is 3. The normalized spacial score (nSPS) is 12.9. The van der Waals surface area contributed by atoms with Gasteiger partial charge in [0.05, 0.1) is 9.90 Å². The van der Waals surface area contributed by atoms with Crippen LogP contribution in [0, 0.1) is 5.92 Å². The highest BCUT2D eigenvalue weighted by Crippen LogP contribution is 2.31. The molecule has 0 saturated heterocycles. The summed E-state index contributed by atoms with van der Waals surface area (Å²) < 4.78 is 0.968. The molecule has 0 spiro atoms. The molecule has 0 aliphatic carbocycles. The minimum Gasteiger partial charge on any atom is -0.349 e. The zero-order valence-electron chi connectivity index (χ0n) is 8.80. The minimum atomic E-state index is -0.163. The van der Waals surface area contributed by atoms with Gasteiger partial charge in [-0.15, -0.1) is 11.3 Å². The molecule has 0 fully saturated rings. The molecule has 1 atom stereocenters. The van der Waals surface area contributed by atoms with Crippen molar-refractivity contribution in [3.63, 3.8) is 0 Å². The highest BCUT2D eigenvalue weighted by Gasteiger charge is 2.17. The molecule has 1 rings (SSSR count). The van der Waals surface area contributed by atoms with Gasteiger partial charge < -0.3 is 5.32 Å². The van der Waals surface area contributed by atoms with Gasteiger partial charge in [0.1, 0.15) is 4.34 Å². The summed E-state index contributed by atoms with van der Waals surface area (Å²) in [4.78, 5) is 11.7. The zero-order chi connectivity index (χ0) is 11.6. The molecule has 1 aromatic heterocycles. The summed E-state index contributed by atoms with van der Waals surface area (Å²) in [6.45, 7) is 6.06. The summed E-state index contributed by atoms with van der Waals surface area (Å²) in [5.41, 5.74) is 0.458. The van der Waals surface area contributed by atoms with Crippen molar-refractivity contribution in [2.75, 3.05) is 0 Å². The number of halogens is 2. The summed E-state index contributed by atoms with van der Waals surface area (Å²) in [5, 5.41) is 2.87. The van der Waals surface area contributed by atoms with Crippen LogP contribution in [0.2, 0.25) is 8.67 Å². The van der Waals surface area contributed by atoms with Gasteiger partial charge in [-0.2, -0.15) is 0 Å². The molecule has 15 heavy (non-hydrogen) atoms. The lowest BCUT2D eigenvalue weighted by Gasteiger charge is -2.16. The Hall–Kier alpha value is -0.250. The Morgan fingerprint density at radius 3 is 2.40 bits per heavy atom. The van der Waals surface area contributed by atoms with Gasteiger partial charge in [0, 0.05) is 6.04 Å². The Morgan fingerprint density at radius 1 is 1.40 bits per heavy atom. The molecule has 1 aromatic rings. The van der Waals surface area contributed by atoms with E-state index in [1.165, 1.54) is 11.3 Å². The largest absolute Gasteiger partial charge is 0.349 e. The first-order valence-corrected chi connectivity index (χ1v) is 6.24. The Balaban J connectivity index is 2.73. The van der Waals surface area contributed by atoms with Crippen LogP contribution in [-0.4, -0.2) is 11.9 Å².